The minimum Gasteiger partial charge on any atom is -0.494 e. The van der Waals surface area contributed by atoms with Crippen LogP contribution in [-0.2, 0) is 14.8 Å². The molecule has 1 amide bonds. The second-order valence-corrected chi connectivity index (χ2v) is 7.90. The van der Waals surface area contributed by atoms with Gasteiger partial charge in [0.25, 0.3) is 10.0 Å². The monoisotopic (exact) mass is 376 g/mol. The first-order valence-electron chi connectivity index (χ1n) is 8.28. The molecule has 0 aliphatic heterocycles. The van der Waals surface area contributed by atoms with Gasteiger partial charge in [0, 0.05) is 14.1 Å². The maximum absolute atomic E-state index is 13.1. The normalized spacial score (nSPS) is 11.1. The first-order chi connectivity index (χ1) is 12.3. The molecule has 0 radical (unpaired) electrons. The summed E-state index contributed by atoms with van der Waals surface area (Å²) in [5, 5.41) is 0. The SMILES string of the molecule is CCOc1ccc(N(CC(=O)N(C)C)S(=O)(=O)c2ccc(C)cc2)cc1. The zero-order chi connectivity index (χ0) is 19.3. The lowest BCUT2D eigenvalue weighted by Crippen LogP contribution is -2.40. The molecule has 2 rings (SSSR count). The Labute approximate surface area is 155 Å². The number of amides is 1. The lowest BCUT2D eigenvalue weighted by molar-refractivity contribution is -0.127. The van der Waals surface area contributed by atoms with E-state index >= 15 is 0 Å². The van der Waals surface area contributed by atoms with Gasteiger partial charge >= 0.3 is 0 Å². The Balaban J connectivity index is 2.46. The van der Waals surface area contributed by atoms with E-state index in [0.29, 0.717) is 18.0 Å². The van der Waals surface area contributed by atoms with Gasteiger partial charge in [0.1, 0.15) is 12.3 Å². The number of ether oxygens (including phenoxy) is 1. The number of hydrogen-bond acceptors (Lipinski definition) is 4. The van der Waals surface area contributed by atoms with E-state index < -0.39 is 10.0 Å². The average Bonchev–Trinajstić information content (AvgIpc) is 2.60. The molecule has 0 aliphatic carbocycles. The number of nitrogens with zero attached hydrogens (tertiary/aromatic N) is 2. The van der Waals surface area contributed by atoms with E-state index in [9.17, 15) is 13.2 Å². The van der Waals surface area contributed by atoms with Crippen LogP contribution in [0, 0.1) is 6.92 Å². The third kappa shape index (κ3) is 4.54. The molecular formula is C19H24N2O4S. The summed E-state index contributed by atoms with van der Waals surface area (Å²) in [5.74, 6) is 0.331. The third-order valence-electron chi connectivity index (χ3n) is 3.82. The van der Waals surface area contributed by atoms with Crippen LogP contribution < -0.4 is 9.04 Å². The van der Waals surface area contributed by atoms with Gasteiger partial charge in [-0.15, -0.1) is 0 Å². The van der Waals surface area contributed by atoms with Crippen LogP contribution in [0.3, 0.4) is 0 Å². The Morgan fingerprint density at radius 1 is 1.00 bits per heavy atom. The van der Waals surface area contributed by atoms with E-state index in [4.69, 9.17) is 4.74 Å². The molecule has 26 heavy (non-hydrogen) atoms. The van der Waals surface area contributed by atoms with Crippen molar-refractivity contribution in [3.63, 3.8) is 0 Å². The van der Waals surface area contributed by atoms with E-state index in [-0.39, 0.29) is 17.3 Å². The number of sulfonamides is 1. The molecule has 0 saturated carbocycles. The van der Waals surface area contributed by atoms with E-state index in [0.717, 1.165) is 9.87 Å². The maximum atomic E-state index is 13.1. The van der Waals surface area contributed by atoms with Crippen molar-refractivity contribution in [3.8, 4) is 5.75 Å². The first kappa shape index (κ1) is 19.8. The van der Waals surface area contributed by atoms with E-state index in [1.54, 1.807) is 62.6 Å². The summed E-state index contributed by atoms with van der Waals surface area (Å²) in [6, 6.07) is 13.2. The molecule has 0 aromatic heterocycles. The molecular weight excluding hydrogens is 352 g/mol. The Morgan fingerprint density at radius 2 is 1.58 bits per heavy atom. The van der Waals surface area contributed by atoms with Crippen molar-refractivity contribution in [2.24, 2.45) is 0 Å². The van der Waals surface area contributed by atoms with Gasteiger partial charge in [0.2, 0.25) is 5.91 Å². The van der Waals surface area contributed by atoms with Crippen molar-refractivity contribution in [1.82, 2.24) is 4.90 Å². The van der Waals surface area contributed by atoms with Gasteiger partial charge in [-0.3, -0.25) is 9.10 Å². The number of benzene rings is 2. The topological polar surface area (TPSA) is 66.9 Å². The highest BCUT2D eigenvalue weighted by Crippen LogP contribution is 2.26. The Kier molecular flexibility index (Phi) is 6.26. The van der Waals surface area contributed by atoms with Gasteiger partial charge in [0.05, 0.1) is 17.2 Å². The smallest absolute Gasteiger partial charge is 0.264 e. The number of carbonyl (C=O) groups excluding carboxylic acids is 1. The Bertz CT molecular complexity index is 844. The molecule has 140 valence electrons. The molecule has 0 heterocycles. The van der Waals surface area contributed by atoms with Gasteiger partial charge in [-0.1, -0.05) is 17.7 Å². The summed E-state index contributed by atoms with van der Waals surface area (Å²) in [6.07, 6.45) is 0. The molecule has 0 spiro atoms. The van der Waals surface area contributed by atoms with Gasteiger partial charge in [-0.25, -0.2) is 8.42 Å². The lowest BCUT2D eigenvalue weighted by Gasteiger charge is -2.25. The predicted octanol–water partition coefficient (Wildman–Crippen LogP) is 2.68. The van der Waals surface area contributed by atoms with Crippen molar-refractivity contribution in [2.45, 2.75) is 18.7 Å². The minimum atomic E-state index is -3.88. The standard InChI is InChI=1S/C19H24N2O4S/c1-5-25-17-10-8-16(9-11-17)21(14-19(22)20(3)4)26(23,24)18-12-6-15(2)7-13-18/h6-13H,5,14H2,1-4H3. The summed E-state index contributed by atoms with van der Waals surface area (Å²) >= 11 is 0. The summed E-state index contributed by atoms with van der Waals surface area (Å²) < 4.78 is 32.8. The number of anilines is 1. The molecule has 0 bridgehead atoms. The number of likely N-dealkylation sites (N-methyl/N-ethyl adjacent to an activating group) is 1. The number of carbonyl (C=O) groups is 1. The van der Waals surface area contributed by atoms with Crippen LogP contribution in [0.5, 0.6) is 5.75 Å². The highest BCUT2D eigenvalue weighted by molar-refractivity contribution is 7.92. The molecule has 2 aromatic carbocycles. The molecule has 0 unspecified atom stereocenters. The quantitative estimate of drug-likeness (QED) is 0.745. The maximum Gasteiger partial charge on any atom is 0.264 e. The number of hydrogen-bond donors (Lipinski definition) is 0. The first-order valence-corrected chi connectivity index (χ1v) is 9.72. The summed E-state index contributed by atoms with van der Waals surface area (Å²) in [7, 11) is -0.691. The fraction of sp³-hybridized carbons (Fsp3) is 0.316. The zero-order valence-corrected chi connectivity index (χ0v) is 16.3. The third-order valence-corrected chi connectivity index (χ3v) is 5.61. The van der Waals surface area contributed by atoms with Gasteiger partial charge in [-0.05, 0) is 50.2 Å². The molecule has 7 heteroatoms. The van der Waals surface area contributed by atoms with Crippen LogP contribution in [0.25, 0.3) is 0 Å². The molecule has 0 atom stereocenters. The highest BCUT2D eigenvalue weighted by atomic mass is 32.2. The van der Waals surface area contributed by atoms with Crippen LogP contribution in [0.2, 0.25) is 0 Å². The van der Waals surface area contributed by atoms with Gasteiger partial charge in [0.15, 0.2) is 0 Å². The lowest BCUT2D eigenvalue weighted by atomic mass is 10.2. The Hall–Kier alpha value is -2.54. The molecule has 0 N–H and O–H groups in total. The van der Waals surface area contributed by atoms with Crippen LogP contribution in [0.4, 0.5) is 5.69 Å². The fourth-order valence-electron chi connectivity index (χ4n) is 2.29. The molecule has 2 aromatic rings. The highest BCUT2D eigenvalue weighted by Gasteiger charge is 2.27. The van der Waals surface area contributed by atoms with Crippen molar-refractivity contribution < 1.29 is 17.9 Å². The number of aryl methyl sites for hydroxylation is 1. The van der Waals surface area contributed by atoms with Crippen molar-refractivity contribution in [3.05, 3.63) is 54.1 Å². The average molecular weight is 376 g/mol. The largest absolute Gasteiger partial charge is 0.494 e. The minimum absolute atomic E-state index is 0.142. The second-order valence-electron chi connectivity index (χ2n) is 6.04. The van der Waals surface area contributed by atoms with Crippen molar-refractivity contribution >= 4 is 21.6 Å². The fourth-order valence-corrected chi connectivity index (χ4v) is 3.71. The molecule has 0 saturated heterocycles. The molecule has 0 fully saturated rings. The summed E-state index contributed by atoms with van der Waals surface area (Å²) in [6.45, 7) is 4.00. The summed E-state index contributed by atoms with van der Waals surface area (Å²) in [4.78, 5) is 13.7. The van der Waals surface area contributed by atoms with Crippen LogP contribution in [-0.4, -0.2) is 46.5 Å². The van der Waals surface area contributed by atoms with E-state index in [1.165, 1.54) is 4.90 Å². The van der Waals surface area contributed by atoms with E-state index in [1.807, 2.05) is 13.8 Å². The predicted molar refractivity (Wildman–Crippen MR) is 102 cm³/mol. The van der Waals surface area contributed by atoms with Crippen LogP contribution in [0.15, 0.2) is 53.4 Å². The van der Waals surface area contributed by atoms with E-state index in [2.05, 4.69) is 0 Å². The number of rotatable bonds is 7. The molecule has 6 nitrogen and oxygen atoms in total. The van der Waals surface area contributed by atoms with Gasteiger partial charge in [-0.2, -0.15) is 0 Å². The van der Waals surface area contributed by atoms with Crippen LogP contribution in [0.1, 0.15) is 12.5 Å². The van der Waals surface area contributed by atoms with Crippen LogP contribution >= 0.6 is 0 Å². The summed E-state index contributed by atoms with van der Waals surface area (Å²) in [5.41, 5.74) is 1.37. The second kappa shape index (κ2) is 8.23. The van der Waals surface area contributed by atoms with Crippen molar-refractivity contribution in [2.75, 3.05) is 31.6 Å². The Morgan fingerprint density at radius 3 is 2.08 bits per heavy atom. The van der Waals surface area contributed by atoms with Crippen molar-refractivity contribution in [1.29, 1.82) is 0 Å². The van der Waals surface area contributed by atoms with Gasteiger partial charge < -0.3 is 9.64 Å². The zero-order valence-electron chi connectivity index (χ0n) is 15.5. The molecule has 0 aliphatic rings.